The van der Waals surface area contributed by atoms with Gasteiger partial charge in [-0.1, -0.05) is 161 Å². The number of ether oxygens (including phenoxy) is 1. The zero-order chi connectivity index (χ0) is 23.5. The molecule has 0 amide bonds. The monoisotopic (exact) mass is 465 g/mol. The van der Waals surface area contributed by atoms with E-state index in [1.807, 2.05) is 0 Å². The predicted octanol–water partition coefficient (Wildman–Crippen LogP) is 10.1. The summed E-state index contributed by atoms with van der Waals surface area (Å²) in [4.78, 5) is 2.57. The highest BCUT2D eigenvalue weighted by molar-refractivity contribution is 4.61. The van der Waals surface area contributed by atoms with Gasteiger partial charge in [-0.05, 0) is 13.0 Å². The van der Waals surface area contributed by atoms with E-state index in [0.717, 1.165) is 26.3 Å². The summed E-state index contributed by atoms with van der Waals surface area (Å²) in [6.45, 7) is 7.79. The van der Waals surface area contributed by atoms with Gasteiger partial charge in [0.25, 0.3) is 0 Å². The van der Waals surface area contributed by atoms with E-state index in [-0.39, 0.29) is 0 Å². The lowest BCUT2D eigenvalue weighted by Crippen LogP contribution is -2.36. The van der Waals surface area contributed by atoms with Crippen LogP contribution in [-0.2, 0) is 4.74 Å². The average Bonchev–Trinajstić information content (AvgIpc) is 2.84. The Morgan fingerprint density at radius 3 is 0.970 bits per heavy atom. The van der Waals surface area contributed by atoms with Crippen LogP contribution in [0.3, 0.4) is 0 Å². The fraction of sp³-hybridized carbons (Fsp3) is 1.00. The van der Waals surface area contributed by atoms with E-state index in [9.17, 15) is 0 Å². The molecule has 0 atom stereocenters. The van der Waals surface area contributed by atoms with Gasteiger partial charge in [-0.2, -0.15) is 0 Å². The molecule has 0 aromatic carbocycles. The largest absolute Gasteiger partial charge is 0.379 e. The summed E-state index contributed by atoms with van der Waals surface area (Å²) in [7, 11) is 0. The minimum absolute atomic E-state index is 0.944. The third-order valence-corrected chi connectivity index (χ3v) is 7.68. The Kier molecular flexibility index (Phi) is 24.9. The SMILES string of the molecule is CCCCCCCCCCCCCCCCCCCCCCCCCCCN1CCOCC1. The molecule has 0 saturated carbocycles. The summed E-state index contributed by atoms with van der Waals surface area (Å²) in [6.07, 6.45) is 36.7. The molecule has 1 saturated heterocycles. The van der Waals surface area contributed by atoms with Crippen LogP contribution >= 0.6 is 0 Å². The summed E-state index contributed by atoms with van der Waals surface area (Å²) < 4.78 is 5.42. The molecule has 198 valence electrons. The van der Waals surface area contributed by atoms with Crippen molar-refractivity contribution in [1.82, 2.24) is 4.90 Å². The molecular weight excluding hydrogens is 402 g/mol. The van der Waals surface area contributed by atoms with Gasteiger partial charge < -0.3 is 4.74 Å². The van der Waals surface area contributed by atoms with Crippen LogP contribution in [0.4, 0.5) is 0 Å². The quantitative estimate of drug-likeness (QED) is 0.118. The van der Waals surface area contributed by atoms with E-state index in [1.54, 1.807) is 0 Å². The van der Waals surface area contributed by atoms with Crippen LogP contribution in [0.1, 0.15) is 167 Å². The number of rotatable bonds is 26. The lowest BCUT2D eigenvalue weighted by molar-refractivity contribution is 0.0371. The molecule has 33 heavy (non-hydrogen) atoms. The molecule has 0 aromatic heterocycles. The molecular formula is C31H63NO. The van der Waals surface area contributed by atoms with E-state index >= 15 is 0 Å². The van der Waals surface area contributed by atoms with E-state index < -0.39 is 0 Å². The molecule has 0 aromatic rings. The van der Waals surface area contributed by atoms with Crippen molar-refractivity contribution >= 4 is 0 Å². The first-order valence-corrected chi connectivity index (χ1v) is 15.7. The standard InChI is InChI=1S/C31H63NO/c1-2-3-4-5-6-7-8-9-10-11-12-13-14-15-16-17-18-19-20-21-22-23-24-25-26-27-32-28-30-33-31-29-32/h2-31H2,1H3. The average molecular weight is 466 g/mol. The van der Waals surface area contributed by atoms with Crippen LogP contribution in [0.2, 0.25) is 0 Å². The molecule has 2 nitrogen and oxygen atoms in total. The summed E-state index contributed by atoms with van der Waals surface area (Å²) in [5, 5.41) is 0. The van der Waals surface area contributed by atoms with Crippen LogP contribution in [0.15, 0.2) is 0 Å². The van der Waals surface area contributed by atoms with Gasteiger partial charge in [-0.3, -0.25) is 4.90 Å². The maximum Gasteiger partial charge on any atom is 0.0594 e. The first-order chi connectivity index (χ1) is 16.4. The normalized spacial score (nSPS) is 14.8. The number of hydrogen-bond acceptors (Lipinski definition) is 2. The van der Waals surface area contributed by atoms with Crippen LogP contribution in [0.5, 0.6) is 0 Å². The Labute approximate surface area is 210 Å². The predicted molar refractivity (Wildman–Crippen MR) is 148 cm³/mol. The van der Waals surface area contributed by atoms with Crippen molar-refractivity contribution in [3.05, 3.63) is 0 Å². The smallest absolute Gasteiger partial charge is 0.0594 e. The van der Waals surface area contributed by atoms with Gasteiger partial charge in [0, 0.05) is 13.1 Å². The molecule has 0 radical (unpaired) electrons. The minimum atomic E-state index is 0.944. The molecule has 1 rings (SSSR count). The van der Waals surface area contributed by atoms with Crippen molar-refractivity contribution < 1.29 is 4.74 Å². The first-order valence-electron chi connectivity index (χ1n) is 15.7. The topological polar surface area (TPSA) is 12.5 Å². The van der Waals surface area contributed by atoms with Crippen LogP contribution in [-0.4, -0.2) is 37.7 Å². The highest BCUT2D eigenvalue weighted by Gasteiger charge is 2.08. The molecule has 2 heteroatoms. The van der Waals surface area contributed by atoms with Crippen molar-refractivity contribution in [1.29, 1.82) is 0 Å². The van der Waals surface area contributed by atoms with Gasteiger partial charge in [0.1, 0.15) is 0 Å². The second-order valence-electron chi connectivity index (χ2n) is 10.9. The third-order valence-electron chi connectivity index (χ3n) is 7.68. The first kappa shape index (κ1) is 31.0. The molecule has 0 aliphatic carbocycles. The van der Waals surface area contributed by atoms with Crippen LogP contribution in [0, 0.1) is 0 Å². The third kappa shape index (κ3) is 23.4. The Morgan fingerprint density at radius 1 is 0.394 bits per heavy atom. The van der Waals surface area contributed by atoms with E-state index in [2.05, 4.69) is 11.8 Å². The summed E-state index contributed by atoms with van der Waals surface area (Å²) >= 11 is 0. The number of morpholine rings is 1. The van der Waals surface area contributed by atoms with Gasteiger partial charge in [-0.15, -0.1) is 0 Å². The molecule has 1 aliphatic heterocycles. The summed E-state index contributed by atoms with van der Waals surface area (Å²) in [6, 6.07) is 0. The van der Waals surface area contributed by atoms with Gasteiger partial charge in [0.2, 0.25) is 0 Å². The lowest BCUT2D eigenvalue weighted by atomic mass is 10.0. The molecule has 1 fully saturated rings. The van der Waals surface area contributed by atoms with Gasteiger partial charge >= 0.3 is 0 Å². The second-order valence-corrected chi connectivity index (χ2v) is 10.9. The fourth-order valence-corrected chi connectivity index (χ4v) is 5.30. The number of nitrogens with zero attached hydrogens (tertiary/aromatic N) is 1. The number of hydrogen-bond donors (Lipinski definition) is 0. The second kappa shape index (κ2) is 26.5. The Balaban J connectivity index is 1.62. The maximum atomic E-state index is 5.42. The summed E-state index contributed by atoms with van der Waals surface area (Å²) in [5.41, 5.74) is 0. The zero-order valence-electron chi connectivity index (χ0n) is 23.1. The van der Waals surface area contributed by atoms with E-state index in [4.69, 9.17) is 4.74 Å². The van der Waals surface area contributed by atoms with Crippen LogP contribution < -0.4 is 0 Å². The molecule has 1 heterocycles. The molecule has 0 bridgehead atoms. The van der Waals surface area contributed by atoms with Gasteiger partial charge in [0.05, 0.1) is 13.2 Å². The van der Waals surface area contributed by atoms with E-state index in [1.165, 1.54) is 167 Å². The Bertz CT molecular complexity index is 353. The van der Waals surface area contributed by atoms with E-state index in [0.29, 0.717) is 0 Å². The van der Waals surface area contributed by atoms with Crippen molar-refractivity contribution in [3.63, 3.8) is 0 Å². The maximum absolute atomic E-state index is 5.42. The summed E-state index contributed by atoms with van der Waals surface area (Å²) in [5.74, 6) is 0. The van der Waals surface area contributed by atoms with Gasteiger partial charge in [0.15, 0.2) is 0 Å². The molecule has 0 unspecified atom stereocenters. The van der Waals surface area contributed by atoms with Crippen molar-refractivity contribution in [3.8, 4) is 0 Å². The van der Waals surface area contributed by atoms with Gasteiger partial charge in [-0.25, -0.2) is 0 Å². The highest BCUT2D eigenvalue weighted by Crippen LogP contribution is 2.16. The van der Waals surface area contributed by atoms with Crippen molar-refractivity contribution in [2.75, 3.05) is 32.8 Å². The minimum Gasteiger partial charge on any atom is -0.379 e. The number of unbranched alkanes of at least 4 members (excludes halogenated alkanes) is 24. The van der Waals surface area contributed by atoms with Crippen molar-refractivity contribution in [2.24, 2.45) is 0 Å². The molecule has 0 spiro atoms. The molecule has 1 aliphatic rings. The zero-order valence-corrected chi connectivity index (χ0v) is 23.1. The Hall–Kier alpha value is -0.0800. The molecule has 0 N–H and O–H groups in total. The lowest BCUT2D eigenvalue weighted by Gasteiger charge is -2.26. The Morgan fingerprint density at radius 2 is 0.667 bits per heavy atom. The van der Waals surface area contributed by atoms with Crippen molar-refractivity contribution in [2.45, 2.75) is 167 Å². The highest BCUT2D eigenvalue weighted by atomic mass is 16.5. The van der Waals surface area contributed by atoms with Crippen LogP contribution in [0.25, 0.3) is 0 Å². The fourth-order valence-electron chi connectivity index (χ4n) is 5.30.